The molecule has 0 aliphatic carbocycles. The van der Waals surface area contributed by atoms with Crippen LogP contribution in [0.2, 0.25) is 0 Å². The molecule has 2 aromatic rings. The maximum atomic E-state index is 11.9. The van der Waals surface area contributed by atoms with E-state index in [1.165, 1.54) is 4.57 Å². The molecule has 1 aliphatic heterocycles. The average Bonchev–Trinajstić information content (AvgIpc) is 3.04. The molecule has 0 aromatic carbocycles. The molecule has 2 aromatic heterocycles. The van der Waals surface area contributed by atoms with E-state index < -0.39 is 0 Å². The average molecular weight is 329 g/mol. The van der Waals surface area contributed by atoms with Gasteiger partial charge in [-0.3, -0.25) is 9.69 Å². The molecular formula is C16H19N5O3. The number of nitrogens with zero attached hydrogens (tertiary/aromatic N) is 4. The van der Waals surface area contributed by atoms with E-state index in [0.717, 1.165) is 12.3 Å². The molecule has 0 unspecified atom stereocenters. The van der Waals surface area contributed by atoms with Gasteiger partial charge in [0.1, 0.15) is 11.8 Å². The van der Waals surface area contributed by atoms with E-state index in [2.05, 4.69) is 15.2 Å². The van der Waals surface area contributed by atoms with Gasteiger partial charge in [-0.1, -0.05) is 0 Å². The van der Waals surface area contributed by atoms with Gasteiger partial charge >= 0.3 is 0 Å². The molecule has 0 spiro atoms. The van der Waals surface area contributed by atoms with E-state index in [9.17, 15) is 4.79 Å². The van der Waals surface area contributed by atoms with Gasteiger partial charge in [-0.25, -0.2) is 4.98 Å². The summed E-state index contributed by atoms with van der Waals surface area (Å²) in [6.07, 6.45) is 3.16. The van der Waals surface area contributed by atoms with Crippen molar-refractivity contribution >= 4 is 5.82 Å². The minimum Gasteiger partial charge on any atom is -0.449 e. The fraction of sp³-hybridized carbons (Fsp3) is 0.438. The summed E-state index contributed by atoms with van der Waals surface area (Å²) in [5, 5.41) is 11.9. The predicted molar refractivity (Wildman–Crippen MR) is 86.4 cm³/mol. The van der Waals surface area contributed by atoms with Crippen LogP contribution in [0.3, 0.4) is 0 Å². The van der Waals surface area contributed by atoms with Crippen molar-refractivity contribution in [3.63, 3.8) is 0 Å². The Morgan fingerprint density at radius 1 is 1.50 bits per heavy atom. The second-order valence-electron chi connectivity index (χ2n) is 5.68. The van der Waals surface area contributed by atoms with E-state index in [-0.39, 0.29) is 11.7 Å². The van der Waals surface area contributed by atoms with Crippen LogP contribution in [0.15, 0.2) is 33.7 Å². The fourth-order valence-electron chi connectivity index (χ4n) is 2.62. The van der Waals surface area contributed by atoms with Crippen molar-refractivity contribution in [2.75, 3.05) is 31.6 Å². The molecule has 8 nitrogen and oxygen atoms in total. The molecule has 0 amide bonds. The van der Waals surface area contributed by atoms with Gasteiger partial charge in [-0.05, 0) is 12.1 Å². The van der Waals surface area contributed by atoms with Crippen LogP contribution in [-0.2, 0) is 18.3 Å². The Balaban J connectivity index is 1.54. The Bertz CT molecular complexity index is 791. The van der Waals surface area contributed by atoms with Crippen LogP contribution in [0.5, 0.6) is 0 Å². The van der Waals surface area contributed by atoms with Gasteiger partial charge in [0.15, 0.2) is 5.82 Å². The topological polar surface area (TPSA) is 96.3 Å². The van der Waals surface area contributed by atoms with Crippen LogP contribution in [0.4, 0.5) is 5.82 Å². The number of hydrogen-bond donors (Lipinski definition) is 1. The summed E-state index contributed by atoms with van der Waals surface area (Å²) in [6, 6.07) is 5.47. The Kier molecular flexibility index (Phi) is 4.93. The van der Waals surface area contributed by atoms with Crippen molar-refractivity contribution in [3.8, 4) is 6.07 Å². The van der Waals surface area contributed by atoms with E-state index in [0.29, 0.717) is 37.8 Å². The van der Waals surface area contributed by atoms with Crippen molar-refractivity contribution < 1.29 is 9.15 Å². The van der Waals surface area contributed by atoms with E-state index in [1.807, 2.05) is 12.1 Å². The molecule has 1 fully saturated rings. The molecule has 3 rings (SSSR count). The third kappa shape index (κ3) is 3.82. The van der Waals surface area contributed by atoms with Crippen molar-refractivity contribution in [3.05, 3.63) is 46.4 Å². The SMILES string of the molecule is Cn1ccnc(NC[C@H]2CN(Cc3ccc(C#N)o3)CCO2)c1=O. The first-order valence-corrected chi connectivity index (χ1v) is 7.74. The number of aromatic nitrogens is 2. The van der Waals surface area contributed by atoms with Crippen LogP contribution >= 0.6 is 0 Å². The van der Waals surface area contributed by atoms with Gasteiger partial charge in [0.25, 0.3) is 5.56 Å². The number of aryl methyl sites for hydroxylation is 1. The first-order chi connectivity index (χ1) is 11.7. The van der Waals surface area contributed by atoms with Crippen LogP contribution in [0, 0.1) is 11.3 Å². The largest absolute Gasteiger partial charge is 0.449 e. The number of hydrogen-bond acceptors (Lipinski definition) is 7. The molecule has 8 heteroatoms. The number of furan rings is 1. The van der Waals surface area contributed by atoms with Crippen molar-refractivity contribution in [1.29, 1.82) is 5.26 Å². The monoisotopic (exact) mass is 329 g/mol. The number of ether oxygens (including phenoxy) is 1. The second-order valence-corrected chi connectivity index (χ2v) is 5.68. The van der Waals surface area contributed by atoms with E-state index in [1.54, 1.807) is 25.5 Å². The van der Waals surface area contributed by atoms with Gasteiger partial charge in [-0.15, -0.1) is 0 Å². The zero-order valence-corrected chi connectivity index (χ0v) is 13.4. The summed E-state index contributed by atoms with van der Waals surface area (Å²) in [5.74, 6) is 1.41. The lowest BCUT2D eigenvalue weighted by atomic mass is 10.2. The van der Waals surface area contributed by atoms with E-state index >= 15 is 0 Å². The fourth-order valence-corrected chi connectivity index (χ4v) is 2.62. The maximum absolute atomic E-state index is 11.9. The Labute approximate surface area is 139 Å². The van der Waals surface area contributed by atoms with Gasteiger partial charge in [0.05, 0.1) is 19.3 Å². The van der Waals surface area contributed by atoms with Gasteiger partial charge < -0.3 is 19.0 Å². The molecule has 3 heterocycles. The van der Waals surface area contributed by atoms with Gasteiger partial charge in [0, 0.05) is 39.1 Å². The third-order valence-corrected chi connectivity index (χ3v) is 3.89. The molecule has 126 valence electrons. The van der Waals surface area contributed by atoms with Crippen molar-refractivity contribution in [2.45, 2.75) is 12.6 Å². The molecule has 0 saturated carbocycles. The van der Waals surface area contributed by atoms with Crippen molar-refractivity contribution in [1.82, 2.24) is 14.5 Å². The first kappa shape index (κ1) is 16.2. The third-order valence-electron chi connectivity index (χ3n) is 3.89. The van der Waals surface area contributed by atoms with Crippen LogP contribution < -0.4 is 10.9 Å². The smallest absolute Gasteiger partial charge is 0.293 e. The second kappa shape index (κ2) is 7.29. The maximum Gasteiger partial charge on any atom is 0.293 e. The predicted octanol–water partition coefficient (Wildman–Crippen LogP) is 0.558. The molecule has 1 aliphatic rings. The number of rotatable bonds is 5. The lowest BCUT2D eigenvalue weighted by molar-refractivity contribution is -0.0259. The molecule has 0 radical (unpaired) electrons. The van der Waals surface area contributed by atoms with Gasteiger partial charge in [-0.2, -0.15) is 5.26 Å². The first-order valence-electron chi connectivity index (χ1n) is 7.74. The minimum atomic E-state index is -0.162. The number of anilines is 1. The lowest BCUT2D eigenvalue weighted by Crippen LogP contribution is -2.45. The van der Waals surface area contributed by atoms with Crippen molar-refractivity contribution in [2.24, 2.45) is 7.05 Å². The molecule has 1 atom stereocenters. The standard InChI is InChI=1S/C16H19N5O3/c1-20-5-4-18-15(16(20)22)19-9-14-11-21(6-7-23-14)10-13-3-2-12(8-17)24-13/h2-5,14H,6-7,9-11H2,1H3,(H,18,19)/t14-/m0/s1. The summed E-state index contributed by atoms with van der Waals surface area (Å²) in [6.45, 7) is 3.25. The number of morpholine rings is 1. The Morgan fingerprint density at radius 3 is 3.17 bits per heavy atom. The van der Waals surface area contributed by atoms with Crippen LogP contribution in [0.1, 0.15) is 11.5 Å². The molecule has 24 heavy (non-hydrogen) atoms. The summed E-state index contributed by atoms with van der Waals surface area (Å²) in [5.41, 5.74) is -0.162. The summed E-state index contributed by atoms with van der Waals surface area (Å²) in [4.78, 5) is 18.2. The highest BCUT2D eigenvalue weighted by Crippen LogP contribution is 2.13. The number of nitriles is 1. The lowest BCUT2D eigenvalue weighted by Gasteiger charge is -2.32. The molecular weight excluding hydrogens is 310 g/mol. The quantitative estimate of drug-likeness (QED) is 0.856. The van der Waals surface area contributed by atoms with E-state index in [4.69, 9.17) is 14.4 Å². The zero-order valence-electron chi connectivity index (χ0n) is 13.4. The Hall–Kier alpha value is -2.63. The summed E-state index contributed by atoms with van der Waals surface area (Å²) >= 11 is 0. The molecule has 1 N–H and O–H groups in total. The van der Waals surface area contributed by atoms with Crippen LogP contribution in [0.25, 0.3) is 0 Å². The van der Waals surface area contributed by atoms with Crippen LogP contribution in [-0.4, -0.2) is 46.8 Å². The highest BCUT2D eigenvalue weighted by Gasteiger charge is 2.21. The molecule has 0 bridgehead atoms. The molecule has 1 saturated heterocycles. The Morgan fingerprint density at radius 2 is 2.38 bits per heavy atom. The number of nitrogens with one attached hydrogen (secondary N) is 1. The normalized spacial score (nSPS) is 18.2. The van der Waals surface area contributed by atoms with Gasteiger partial charge in [0.2, 0.25) is 5.76 Å². The summed E-state index contributed by atoms with van der Waals surface area (Å²) in [7, 11) is 1.69. The zero-order chi connectivity index (χ0) is 16.9. The minimum absolute atomic E-state index is 0.0455. The highest BCUT2D eigenvalue weighted by molar-refractivity contribution is 5.30. The summed E-state index contributed by atoms with van der Waals surface area (Å²) < 4.78 is 12.6. The highest BCUT2D eigenvalue weighted by atomic mass is 16.5.